The van der Waals surface area contributed by atoms with Crippen LogP contribution in [0.3, 0.4) is 0 Å². The summed E-state index contributed by atoms with van der Waals surface area (Å²) in [4.78, 5) is 2.46. The van der Waals surface area contributed by atoms with E-state index >= 15 is 0 Å². The molecule has 0 amide bonds. The van der Waals surface area contributed by atoms with E-state index in [1.807, 2.05) is 0 Å². The van der Waals surface area contributed by atoms with Gasteiger partial charge in [-0.1, -0.05) is 182 Å². The first-order valence-electron chi connectivity index (χ1n) is 21.6. The molecule has 0 aliphatic carbocycles. The fourth-order valence-corrected chi connectivity index (χ4v) is 10.1. The Bertz CT molecular complexity index is 3910. The van der Waals surface area contributed by atoms with Crippen LogP contribution in [0.2, 0.25) is 0 Å². The third-order valence-corrected chi connectivity index (χ3v) is 12.9. The predicted octanol–water partition coefficient (Wildman–Crippen LogP) is 16.9. The molecule has 0 saturated carbocycles. The summed E-state index contributed by atoms with van der Waals surface area (Å²) in [6.45, 7) is 0. The standard InChI is InChI=1S/C60H38N2O/c1-2-15-40(16-3-1)48-22-10-12-27-53(48)62-54-36-31-41-18-5-8-23-49(41)58(54)51-35-34-45(38-55(51)62)61(44-32-29-42(30-33-44)47-26-14-20-39-17-4-7-21-46(39)47)60-50-24-9-6-19-43(50)37-57-59(60)52-25-11-13-28-56(52)63-57/h1-38H. The highest BCUT2D eigenvalue weighted by molar-refractivity contribution is 6.24. The third-order valence-electron chi connectivity index (χ3n) is 12.9. The molecule has 0 aliphatic rings. The maximum atomic E-state index is 6.69. The van der Waals surface area contributed by atoms with Crippen molar-refractivity contribution in [1.29, 1.82) is 0 Å². The van der Waals surface area contributed by atoms with E-state index in [0.717, 1.165) is 61.0 Å². The van der Waals surface area contributed by atoms with Crippen molar-refractivity contribution in [2.45, 2.75) is 0 Å². The Morgan fingerprint density at radius 3 is 1.79 bits per heavy atom. The van der Waals surface area contributed by atoms with Crippen molar-refractivity contribution >= 4 is 93.1 Å². The number of para-hydroxylation sites is 2. The number of rotatable bonds is 6. The smallest absolute Gasteiger partial charge is 0.138 e. The summed E-state index contributed by atoms with van der Waals surface area (Å²) in [7, 11) is 0. The van der Waals surface area contributed by atoms with Gasteiger partial charge in [0.25, 0.3) is 0 Å². The van der Waals surface area contributed by atoms with Gasteiger partial charge in [-0.2, -0.15) is 0 Å². The highest BCUT2D eigenvalue weighted by atomic mass is 16.3. The zero-order valence-electron chi connectivity index (χ0n) is 34.2. The van der Waals surface area contributed by atoms with Gasteiger partial charge in [-0.15, -0.1) is 0 Å². The molecule has 0 saturated heterocycles. The van der Waals surface area contributed by atoms with Gasteiger partial charge >= 0.3 is 0 Å². The van der Waals surface area contributed by atoms with Crippen LogP contribution in [0, 0.1) is 0 Å². The van der Waals surface area contributed by atoms with Crippen molar-refractivity contribution in [1.82, 2.24) is 4.57 Å². The van der Waals surface area contributed by atoms with E-state index in [9.17, 15) is 0 Å². The van der Waals surface area contributed by atoms with Gasteiger partial charge in [-0.05, 0) is 92.2 Å². The van der Waals surface area contributed by atoms with Crippen molar-refractivity contribution in [3.63, 3.8) is 0 Å². The first-order valence-corrected chi connectivity index (χ1v) is 21.6. The molecule has 0 N–H and O–H groups in total. The maximum absolute atomic E-state index is 6.69. The van der Waals surface area contributed by atoms with Gasteiger partial charge in [0.15, 0.2) is 0 Å². The van der Waals surface area contributed by atoms with Crippen LogP contribution in [0.5, 0.6) is 0 Å². The van der Waals surface area contributed by atoms with Gasteiger partial charge in [0.05, 0.1) is 27.8 Å². The molecule has 2 heterocycles. The quantitative estimate of drug-likeness (QED) is 0.167. The zero-order chi connectivity index (χ0) is 41.4. The summed E-state index contributed by atoms with van der Waals surface area (Å²) in [5.74, 6) is 0. The Morgan fingerprint density at radius 1 is 0.333 bits per heavy atom. The summed E-state index contributed by atoms with van der Waals surface area (Å²) < 4.78 is 9.18. The first kappa shape index (κ1) is 35.4. The predicted molar refractivity (Wildman–Crippen MR) is 266 cm³/mol. The Morgan fingerprint density at radius 2 is 0.952 bits per heavy atom. The summed E-state index contributed by atoms with van der Waals surface area (Å²) >= 11 is 0. The van der Waals surface area contributed by atoms with Gasteiger partial charge in [-0.25, -0.2) is 0 Å². The molecule has 13 rings (SSSR count). The fraction of sp³-hybridized carbons (Fsp3) is 0. The number of benzene rings is 11. The van der Waals surface area contributed by atoms with Crippen molar-refractivity contribution in [2.24, 2.45) is 0 Å². The topological polar surface area (TPSA) is 21.3 Å². The zero-order valence-corrected chi connectivity index (χ0v) is 34.2. The van der Waals surface area contributed by atoms with E-state index in [-0.39, 0.29) is 0 Å². The average Bonchev–Trinajstić information content (AvgIpc) is 3.89. The van der Waals surface area contributed by atoms with Crippen LogP contribution in [0.15, 0.2) is 235 Å². The van der Waals surface area contributed by atoms with E-state index in [0.29, 0.717) is 0 Å². The largest absolute Gasteiger partial charge is 0.456 e. The third kappa shape index (κ3) is 5.53. The minimum absolute atomic E-state index is 0.862. The Hall–Kier alpha value is -8.40. The SMILES string of the molecule is c1ccc(-c2ccccc2-n2c3cc(N(c4ccc(-c5cccc6ccccc56)cc4)c4c5ccccc5cc5oc6ccccc6c45)ccc3c3c4ccccc4ccc32)cc1. The van der Waals surface area contributed by atoms with Crippen molar-refractivity contribution in [2.75, 3.05) is 4.90 Å². The average molecular weight is 803 g/mol. The lowest BCUT2D eigenvalue weighted by Crippen LogP contribution is -2.11. The van der Waals surface area contributed by atoms with Crippen LogP contribution in [-0.4, -0.2) is 4.57 Å². The lowest BCUT2D eigenvalue weighted by atomic mass is 9.97. The van der Waals surface area contributed by atoms with Crippen LogP contribution in [0.25, 0.3) is 104 Å². The van der Waals surface area contributed by atoms with E-state index in [2.05, 4.69) is 240 Å². The number of hydrogen-bond acceptors (Lipinski definition) is 2. The summed E-state index contributed by atoms with van der Waals surface area (Å²) in [6, 6.07) is 83.6. The van der Waals surface area contributed by atoms with E-state index in [4.69, 9.17) is 4.42 Å². The van der Waals surface area contributed by atoms with Gasteiger partial charge in [-0.3, -0.25) is 0 Å². The number of aromatic nitrogens is 1. The highest BCUT2D eigenvalue weighted by Crippen LogP contribution is 2.49. The molecular weight excluding hydrogens is 765 g/mol. The van der Waals surface area contributed by atoms with Crippen molar-refractivity contribution in [3.8, 4) is 27.9 Å². The number of fused-ring (bicyclic) bond motifs is 10. The number of hydrogen-bond donors (Lipinski definition) is 0. The molecule has 13 aromatic rings. The second-order valence-corrected chi connectivity index (χ2v) is 16.4. The fourth-order valence-electron chi connectivity index (χ4n) is 10.1. The maximum Gasteiger partial charge on any atom is 0.138 e. The molecule has 0 atom stereocenters. The molecule has 11 aromatic carbocycles. The van der Waals surface area contributed by atoms with E-state index in [1.54, 1.807) is 0 Å². The van der Waals surface area contributed by atoms with Crippen LogP contribution in [0.4, 0.5) is 17.1 Å². The molecule has 294 valence electrons. The lowest BCUT2D eigenvalue weighted by Gasteiger charge is -2.28. The molecule has 0 bridgehead atoms. The summed E-state index contributed by atoms with van der Waals surface area (Å²) in [5.41, 5.74) is 13.1. The van der Waals surface area contributed by atoms with E-state index in [1.165, 1.54) is 60.1 Å². The second kappa shape index (κ2) is 14.1. The van der Waals surface area contributed by atoms with Crippen LogP contribution in [0.1, 0.15) is 0 Å². The molecule has 3 heteroatoms. The minimum atomic E-state index is 0.862. The monoisotopic (exact) mass is 802 g/mol. The molecule has 0 radical (unpaired) electrons. The minimum Gasteiger partial charge on any atom is -0.456 e. The number of furan rings is 1. The van der Waals surface area contributed by atoms with Crippen molar-refractivity contribution < 1.29 is 4.42 Å². The molecule has 63 heavy (non-hydrogen) atoms. The molecule has 0 unspecified atom stereocenters. The van der Waals surface area contributed by atoms with Gasteiger partial charge in [0.1, 0.15) is 11.2 Å². The second-order valence-electron chi connectivity index (χ2n) is 16.4. The molecular formula is C60H38N2O. The van der Waals surface area contributed by atoms with Crippen LogP contribution < -0.4 is 4.90 Å². The molecule has 0 aliphatic heterocycles. The lowest BCUT2D eigenvalue weighted by molar-refractivity contribution is 0.669. The first-order chi connectivity index (χ1) is 31.3. The molecule has 2 aromatic heterocycles. The van der Waals surface area contributed by atoms with E-state index < -0.39 is 0 Å². The number of nitrogens with zero attached hydrogens (tertiary/aromatic N) is 2. The molecule has 0 spiro atoms. The van der Waals surface area contributed by atoms with Gasteiger partial charge < -0.3 is 13.9 Å². The normalized spacial score (nSPS) is 11.8. The van der Waals surface area contributed by atoms with Crippen molar-refractivity contribution in [3.05, 3.63) is 231 Å². The highest BCUT2D eigenvalue weighted by Gasteiger charge is 2.25. The number of anilines is 3. The van der Waals surface area contributed by atoms with Gasteiger partial charge in [0.2, 0.25) is 0 Å². The summed E-state index contributed by atoms with van der Waals surface area (Å²) in [5, 5.41) is 11.8. The molecule has 0 fully saturated rings. The summed E-state index contributed by atoms with van der Waals surface area (Å²) in [6.07, 6.45) is 0. The van der Waals surface area contributed by atoms with Crippen LogP contribution in [-0.2, 0) is 0 Å². The molecule has 3 nitrogen and oxygen atoms in total. The Kier molecular flexibility index (Phi) is 7.91. The van der Waals surface area contributed by atoms with Gasteiger partial charge in [0, 0.05) is 38.5 Å². The Labute approximate surface area is 363 Å². The Balaban J connectivity index is 1.13. The van der Waals surface area contributed by atoms with Crippen LogP contribution >= 0.6 is 0 Å².